The average molecular weight is 454 g/mol. The number of ether oxygens (including phenoxy) is 1. The molecule has 0 unspecified atom stereocenters. The van der Waals surface area contributed by atoms with Crippen LogP contribution >= 0.6 is 38.5 Å². The van der Waals surface area contributed by atoms with Gasteiger partial charge in [0, 0.05) is 13.6 Å². The van der Waals surface area contributed by atoms with E-state index >= 15 is 0 Å². The van der Waals surface area contributed by atoms with Crippen molar-refractivity contribution >= 4 is 56.5 Å². The molecule has 0 bridgehead atoms. The molecule has 0 spiro atoms. The molecular weight excluding hydrogens is 445 g/mol. The van der Waals surface area contributed by atoms with Crippen LogP contribution < -0.4 is 0 Å². The van der Waals surface area contributed by atoms with Crippen LogP contribution in [0.3, 0.4) is 0 Å². The largest absolute Gasteiger partial charge is 0.402 e. The Morgan fingerprint density at radius 3 is 2.71 bits per heavy atom. The Morgan fingerprint density at radius 1 is 1.14 bits per heavy atom. The van der Waals surface area contributed by atoms with Gasteiger partial charge in [0.05, 0.1) is 0 Å². The molecule has 0 N–H and O–H groups in total. The molecule has 1 aliphatic rings. The molecule has 0 radical (unpaired) electrons. The lowest BCUT2D eigenvalue weighted by Crippen LogP contribution is -2.05. The Hall–Kier alpha value is -1.47. The van der Waals surface area contributed by atoms with E-state index in [1.807, 2.05) is 48.5 Å². The van der Waals surface area contributed by atoms with E-state index in [2.05, 4.69) is 43.5 Å². The Labute approximate surface area is 144 Å². The van der Waals surface area contributed by atoms with Crippen molar-refractivity contribution in [3.8, 4) is 0 Å². The molecule has 1 heterocycles. The van der Waals surface area contributed by atoms with E-state index in [0.717, 1.165) is 19.2 Å². The standard InChI is InChI=1S/C16H9BrINO2/c17-12-6-3-5-11(8-12)15-19-14(16(20)21-15)9-10-4-1-2-7-13(10)18/h1-9H/b14-9-. The van der Waals surface area contributed by atoms with Crippen LogP contribution in [0.15, 0.2) is 63.7 Å². The summed E-state index contributed by atoms with van der Waals surface area (Å²) in [5, 5.41) is 0. The van der Waals surface area contributed by atoms with Gasteiger partial charge in [-0.05, 0) is 58.5 Å². The molecule has 0 saturated heterocycles. The van der Waals surface area contributed by atoms with Gasteiger partial charge in [-0.1, -0.05) is 40.2 Å². The third-order valence-corrected chi connectivity index (χ3v) is 4.37. The van der Waals surface area contributed by atoms with Crippen LogP contribution in [0.25, 0.3) is 6.08 Å². The minimum Gasteiger partial charge on any atom is -0.402 e. The van der Waals surface area contributed by atoms with Gasteiger partial charge in [0.25, 0.3) is 0 Å². The number of hydrogen-bond acceptors (Lipinski definition) is 3. The summed E-state index contributed by atoms with van der Waals surface area (Å²) < 4.78 is 7.21. The molecule has 0 atom stereocenters. The Balaban J connectivity index is 1.98. The molecular formula is C16H9BrINO2. The zero-order valence-electron chi connectivity index (χ0n) is 10.7. The van der Waals surface area contributed by atoms with Crippen LogP contribution in [0.2, 0.25) is 0 Å². The molecule has 0 aromatic heterocycles. The highest BCUT2D eigenvalue weighted by Gasteiger charge is 2.24. The zero-order valence-corrected chi connectivity index (χ0v) is 14.5. The molecule has 0 aliphatic carbocycles. The van der Waals surface area contributed by atoms with Crippen molar-refractivity contribution in [3.63, 3.8) is 0 Å². The van der Waals surface area contributed by atoms with Crippen molar-refractivity contribution in [2.75, 3.05) is 0 Å². The van der Waals surface area contributed by atoms with E-state index in [9.17, 15) is 4.79 Å². The molecule has 2 aromatic rings. The predicted octanol–water partition coefficient (Wildman–Crippen LogP) is 4.40. The minimum atomic E-state index is -0.426. The quantitative estimate of drug-likeness (QED) is 0.384. The van der Waals surface area contributed by atoms with Crippen LogP contribution in [-0.4, -0.2) is 11.9 Å². The topological polar surface area (TPSA) is 38.7 Å². The zero-order chi connectivity index (χ0) is 14.8. The number of rotatable bonds is 2. The summed E-state index contributed by atoms with van der Waals surface area (Å²) in [4.78, 5) is 16.2. The first-order valence-corrected chi connectivity index (χ1v) is 8.04. The minimum absolute atomic E-state index is 0.314. The summed E-state index contributed by atoms with van der Waals surface area (Å²) in [5.74, 6) is -0.0943. The highest BCUT2D eigenvalue weighted by molar-refractivity contribution is 14.1. The van der Waals surface area contributed by atoms with Crippen LogP contribution in [0.5, 0.6) is 0 Å². The summed E-state index contributed by atoms with van der Waals surface area (Å²) in [6, 6.07) is 15.3. The maximum atomic E-state index is 11.9. The third-order valence-electron chi connectivity index (χ3n) is 2.89. The van der Waals surface area contributed by atoms with Crippen molar-refractivity contribution in [3.05, 3.63) is 73.4 Å². The molecule has 3 rings (SSSR count). The summed E-state index contributed by atoms with van der Waals surface area (Å²) in [6.07, 6.45) is 1.75. The number of cyclic esters (lactones) is 1. The fraction of sp³-hybridized carbons (Fsp3) is 0. The predicted molar refractivity (Wildman–Crippen MR) is 93.9 cm³/mol. The second-order valence-corrected chi connectivity index (χ2v) is 6.45. The van der Waals surface area contributed by atoms with Crippen LogP contribution in [0, 0.1) is 3.57 Å². The normalized spacial score (nSPS) is 16.0. The lowest BCUT2D eigenvalue weighted by Gasteiger charge is -1.99. The molecule has 0 amide bonds. The van der Waals surface area contributed by atoms with E-state index in [1.165, 1.54) is 0 Å². The van der Waals surface area contributed by atoms with Crippen molar-refractivity contribution in [1.29, 1.82) is 0 Å². The first-order valence-electron chi connectivity index (χ1n) is 6.16. The van der Waals surface area contributed by atoms with Gasteiger partial charge in [0.15, 0.2) is 5.70 Å². The molecule has 0 fully saturated rings. The second kappa shape index (κ2) is 6.11. The van der Waals surface area contributed by atoms with Gasteiger partial charge in [-0.2, -0.15) is 0 Å². The van der Waals surface area contributed by atoms with E-state index in [-0.39, 0.29) is 0 Å². The maximum absolute atomic E-state index is 11.9. The number of hydrogen-bond donors (Lipinski definition) is 0. The van der Waals surface area contributed by atoms with E-state index in [0.29, 0.717) is 11.6 Å². The Kier molecular flexibility index (Phi) is 4.21. The van der Waals surface area contributed by atoms with E-state index in [1.54, 1.807) is 6.08 Å². The number of carbonyl (C=O) groups excluding carboxylic acids is 1. The monoisotopic (exact) mass is 453 g/mol. The summed E-state index contributed by atoms with van der Waals surface area (Å²) in [5.41, 5.74) is 2.03. The lowest BCUT2D eigenvalue weighted by atomic mass is 10.2. The van der Waals surface area contributed by atoms with Crippen molar-refractivity contribution in [2.45, 2.75) is 0 Å². The Morgan fingerprint density at radius 2 is 1.95 bits per heavy atom. The molecule has 1 aliphatic heterocycles. The van der Waals surface area contributed by atoms with Crippen LogP contribution in [0.4, 0.5) is 0 Å². The van der Waals surface area contributed by atoms with E-state index < -0.39 is 5.97 Å². The number of halogens is 2. The van der Waals surface area contributed by atoms with Crippen molar-refractivity contribution in [1.82, 2.24) is 0 Å². The van der Waals surface area contributed by atoms with Crippen molar-refractivity contribution in [2.24, 2.45) is 4.99 Å². The number of esters is 1. The number of aliphatic imine (C=N–C) groups is 1. The SMILES string of the molecule is O=C1OC(c2cccc(Br)c2)=N/C1=C\c1ccccc1I. The fourth-order valence-electron chi connectivity index (χ4n) is 1.89. The average Bonchev–Trinajstić information content (AvgIpc) is 2.83. The maximum Gasteiger partial charge on any atom is 0.363 e. The van der Waals surface area contributed by atoms with Gasteiger partial charge in [-0.15, -0.1) is 0 Å². The highest BCUT2D eigenvalue weighted by Crippen LogP contribution is 2.22. The highest BCUT2D eigenvalue weighted by atomic mass is 127. The molecule has 3 nitrogen and oxygen atoms in total. The van der Waals surface area contributed by atoms with E-state index in [4.69, 9.17) is 4.74 Å². The number of carbonyl (C=O) groups is 1. The van der Waals surface area contributed by atoms with Crippen molar-refractivity contribution < 1.29 is 9.53 Å². The molecule has 104 valence electrons. The molecule has 21 heavy (non-hydrogen) atoms. The summed E-state index contributed by atoms with van der Waals surface area (Å²) >= 11 is 5.62. The number of benzene rings is 2. The lowest BCUT2D eigenvalue weighted by molar-refractivity contribution is -0.129. The van der Waals surface area contributed by atoms with Gasteiger partial charge in [0.1, 0.15) is 0 Å². The fourth-order valence-corrected chi connectivity index (χ4v) is 2.84. The van der Waals surface area contributed by atoms with Gasteiger partial charge in [-0.25, -0.2) is 9.79 Å². The van der Waals surface area contributed by atoms with Gasteiger partial charge in [0.2, 0.25) is 5.90 Å². The van der Waals surface area contributed by atoms with Gasteiger partial charge in [-0.3, -0.25) is 0 Å². The first kappa shape index (κ1) is 14.5. The van der Waals surface area contributed by atoms with Gasteiger partial charge >= 0.3 is 5.97 Å². The third kappa shape index (κ3) is 3.24. The Bertz CT molecular complexity index is 783. The first-order chi connectivity index (χ1) is 10.1. The number of nitrogens with zero attached hydrogens (tertiary/aromatic N) is 1. The van der Waals surface area contributed by atoms with Crippen LogP contribution in [0.1, 0.15) is 11.1 Å². The van der Waals surface area contributed by atoms with Gasteiger partial charge < -0.3 is 4.74 Å². The molecule has 2 aromatic carbocycles. The van der Waals surface area contributed by atoms with Crippen LogP contribution in [-0.2, 0) is 9.53 Å². The second-order valence-electron chi connectivity index (χ2n) is 4.37. The smallest absolute Gasteiger partial charge is 0.363 e. The summed E-state index contributed by atoms with van der Waals surface area (Å²) in [7, 11) is 0. The molecule has 0 saturated carbocycles. The molecule has 5 heteroatoms. The summed E-state index contributed by atoms with van der Waals surface area (Å²) in [6.45, 7) is 0.